The zero-order valence-corrected chi connectivity index (χ0v) is 4.29. The van der Waals surface area contributed by atoms with Crippen LogP contribution in [0.4, 0.5) is 5.69 Å². The third-order valence-corrected chi connectivity index (χ3v) is 1.23. The van der Waals surface area contributed by atoms with Gasteiger partial charge in [-0.15, -0.1) is 0 Å². The Kier molecular flexibility index (Phi) is 0.592. The van der Waals surface area contributed by atoms with E-state index in [0.717, 1.165) is 17.9 Å². The minimum absolute atomic E-state index is 0.863. The molecule has 2 heteroatoms. The van der Waals surface area contributed by atoms with Crippen LogP contribution in [0.3, 0.4) is 0 Å². The fourth-order valence-corrected chi connectivity index (χ4v) is 0.829. The first kappa shape index (κ1) is 3.89. The van der Waals surface area contributed by atoms with Crippen LogP contribution in [-0.2, 0) is 6.42 Å². The molecule has 0 saturated carbocycles. The average molecular weight is 107 g/mol. The summed E-state index contributed by atoms with van der Waals surface area (Å²) < 4.78 is 5.05. The van der Waals surface area contributed by atoms with E-state index in [9.17, 15) is 0 Å². The highest BCUT2D eigenvalue weighted by molar-refractivity contribution is 5.73. The van der Waals surface area contributed by atoms with Crippen LogP contribution in [0.15, 0.2) is 21.7 Å². The number of fused-ring (bicyclic) bond motifs is 1. The van der Waals surface area contributed by atoms with Crippen molar-refractivity contribution in [3.63, 3.8) is 0 Å². The van der Waals surface area contributed by atoms with Gasteiger partial charge in [0.2, 0.25) is 0 Å². The lowest BCUT2D eigenvalue weighted by Crippen LogP contribution is -1.70. The number of nitrogens with zero attached hydrogens (tertiary/aromatic N) is 1. The van der Waals surface area contributed by atoms with Crippen molar-refractivity contribution in [2.75, 3.05) is 0 Å². The van der Waals surface area contributed by atoms with Gasteiger partial charge < -0.3 is 4.42 Å². The quantitative estimate of drug-likeness (QED) is 0.493. The van der Waals surface area contributed by atoms with E-state index in [0.29, 0.717) is 0 Å². The van der Waals surface area contributed by atoms with Crippen LogP contribution in [0.1, 0.15) is 5.76 Å². The van der Waals surface area contributed by atoms with Crippen LogP contribution < -0.4 is 0 Å². The standard InChI is InChI=1S/C6H5NO/c1-3-7-5-2-4-8-6(1)5/h2-4H,1H2. The Morgan fingerprint density at radius 3 is 3.50 bits per heavy atom. The molecule has 2 heterocycles. The molecular formula is C6H5NO. The van der Waals surface area contributed by atoms with E-state index in [1.165, 1.54) is 0 Å². The topological polar surface area (TPSA) is 25.5 Å². The average Bonchev–Trinajstić information content (AvgIpc) is 2.15. The molecule has 0 unspecified atom stereocenters. The highest BCUT2D eigenvalue weighted by Gasteiger charge is 2.06. The van der Waals surface area contributed by atoms with Crippen molar-refractivity contribution in [1.82, 2.24) is 0 Å². The predicted molar refractivity (Wildman–Crippen MR) is 30.6 cm³/mol. The molecule has 0 atom stereocenters. The number of furan rings is 1. The Bertz CT molecular complexity index is 224. The lowest BCUT2D eigenvalue weighted by atomic mass is 10.4. The van der Waals surface area contributed by atoms with Gasteiger partial charge >= 0.3 is 0 Å². The summed E-state index contributed by atoms with van der Waals surface area (Å²) in [6, 6.07) is 1.87. The van der Waals surface area contributed by atoms with E-state index < -0.39 is 0 Å². The molecule has 0 radical (unpaired) electrons. The van der Waals surface area contributed by atoms with E-state index in [1.54, 1.807) is 6.26 Å². The van der Waals surface area contributed by atoms with Gasteiger partial charge in [0.25, 0.3) is 0 Å². The summed E-state index contributed by atoms with van der Waals surface area (Å²) in [5.41, 5.74) is 0.991. The van der Waals surface area contributed by atoms with Gasteiger partial charge in [-0.3, -0.25) is 4.99 Å². The number of hydrogen-bond acceptors (Lipinski definition) is 2. The maximum Gasteiger partial charge on any atom is 0.134 e. The zero-order chi connectivity index (χ0) is 5.40. The highest BCUT2D eigenvalue weighted by atomic mass is 16.3. The summed E-state index contributed by atoms with van der Waals surface area (Å²) in [5.74, 6) is 0.991. The van der Waals surface area contributed by atoms with Crippen LogP contribution in [0.5, 0.6) is 0 Å². The smallest absolute Gasteiger partial charge is 0.134 e. The Labute approximate surface area is 46.8 Å². The Hall–Kier alpha value is -1.05. The monoisotopic (exact) mass is 107 g/mol. The molecule has 1 aliphatic rings. The Morgan fingerprint density at radius 2 is 2.62 bits per heavy atom. The second-order valence-electron chi connectivity index (χ2n) is 1.74. The van der Waals surface area contributed by atoms with Gasteiger partial charge in [-0.2, -0.15) is 0 Å². The van der Waals surface area contributed by atoms with E-state index >= 15 is 0 Å². The summed E-state index contributed by atoms with van der Waals surface area (Å²) in [6.07, 6.45) is 4.39. The molecule has 0 bridgehead atoms. The lowest BCUT2D eigenvalue weighted by molar-refractivity contribution is 0.531. The van der Waals surface area contributed by atoms with Gasteiger partial charge in [0.15, 0.2) is 0 Å². The first-order valence-electron chi connectivity index (χ1n) is 2.56. The molecule has 1 aromatic rings. The normalized spacial score (nSPS) is 14.5. The summed E-state index contributed by atoms with van der Waals surface area (Å²) in [5, 5.41) is 0. The molecule has 0 saturated heterocycles. The van der Waals surface area contributed by atoms with Crippen molar-refractivity contribution in [2.24, 2.45) is 4.99 Å². The van der Waals surface area contributed by atoms with Crippen molar-refractivity contribution in [3.05, 3.63) is 18.1 Å². The van der Waals surface area contributed by atoms with Crippen molar-refractivity contribution in [3.8, 4) is 0 Å². The Balaban J connectivity index is 2.67. The molecular weight excluding hydrogens is 102 g/mol. The third-order valence-electron chi connectivity index (χ3n) is 1.23. The summed E-state index contributed by atoms with van der Waals surface area (Å²) in [7, 11) is 0. The van der Waals surface area contributed by atoms with Crippen LogP contribution in [0.25, 0.3) is 0 Å². The minimum Gasteiger partial charge on any atom is -0.467 e. The molecule has 40 valence electrons. The summed E-state index contributed by atoms with van der Waals surface area (Å²) in [4.78, 5) is 4.04. The van der Waals surface area contributed by atoms with E-state index in [4.69, 9.17) is 4.42 Å². The number of aliphatic imine (C=N–C) groups is 1. The number of rotatable bonds is 0. The zero-order valence-electron chi connectivity index (χ0n) is 4.29. The van der Waals surface area contributed by atoms with Crippen molar-refractivity contribution in [2.45, 2.75) is 6.42 Å². The molecule has 0 aliphatic carbocycles. The van der Waals surface area contributed by atoms with Gasteiger partial charge in [-0.1, -0.05) is 0 Å². The summed E-state index contributed by atoms with van der Waals surface area (Å²) >= 11 is 0. The third kappa shape index (κ3) is 0.346. The fraction of sp³-hybridized carbons (Fsp3) is 0.167. The van der Waals surface area contributed by atoms with E-state index in [-0.39, 0.29) is 0 Å². The predicted octanol–water partition coefficient (Wildman–Crippen LogP) is 1.54. The van der Waals surface area contributed by atoms with E-state index in [1.807, 2.05) is 12.3 Å². The van der Waals surface area contributed by atoms with E-state index in [2.05, 4.69) is 4.99 Å². The van der Waals surface area contributed by atoms with Crippen LogP contribution in [0.2, 0.25) is 0 Å². The van der Waals surface area contributed by atoms with Crippen LogP contribution in [-0.4, -0.2) is 6.21 Å². The fourth-order valence-electron chi connectivity index (χ4n) is 0.829. The first-order chi connectivity index (χ1) is 3.97. The minimum atomic E-state index is 0.863. The molecule has 0 spiro atoms. The molecule has 0 amide bonds. The molecule has 0 aromatic carbocycles. The Morgan fingerprint density at radius 1 is 1.62 bits per heavy atom. The molecule has 2 rings (SSSR count). The SMILES string of the molecule is C1=Nc2ccoc2C1. The maximum absolute atomic E-state index is 5.05. The molecule has 0 fully saturated rings. The van der Waals surface area contributed by atoms with Gasteiger partial charge in [-0.05, 0) is 0 Å². The van der Waals surface area contributed by atoms with Crippen molar-refractivity contribution >= 4 is 11.9 Å². The van der Waals surface area contributed by atoms with Gasteiger partial charge in [0.05, 0.1) is 6.26 Å². The maximum atomic E-state index is 5.05. The summed E-state index contributed by atoms with van der Waals surface area (Å²) in [6.45, 7) is 0. The first-order valence-corrected chi connectivity index (χ1v) is 2.56. The molecule has 0 N–H and O–H groups in total. The second-order valence-corrected chi connectivity index (χ2v) is 1.74. The van der Waals surface area contributed by atoms with Gasteiger partial charge in [0.1, 0.15) is 11.4 Å². The highest BCUT2D eigenvalue weighted by Crippen LogP contribution is 2.23. The van der Waals surface area contributed by atoms with Gasteiger partial charge in [0, 0.05) is 18.7 Å². The largest absolute Gasteiger partial charge is 0.467 e. The van der Waals surface area contributed by atoms with Crippen molar-refractivity contribution < 1.29 is 4.42 Å². The second kappa shape index (κ2) is 1.22. The molecule has 1 aromatic heterocycles. The molecule has 8 heavy (non-hydrogen) atoms. The molecule has 2 nitrogen and oxygen atoms in total. The van der Waals surface area contributed by atoms with Crippen LogP contribution in [0, 0.1) is 0 Å². The number of hydrogen-bond donors (Lipinski definition) is 0. The van der Waals surface area contributed by atoms with Gasteiger partial charge in [-0.25, -0.2) is 0 Å². The lowest BCUT2D eigenvalue weighted by Gasteiger charge is -1.77. The molecule has 1 aliphatic heterocycles. The van der Waals surface area contributed by atoms with Crippen molar-refractivity contribution in [1.29, 1.82) is 0 Å². The van der Waals surface area contributed by atoms with Crippen LogP contribution >= 0.6 is 0 Å².